The Morgan fingerprint density at radius 1 is 0.844 bits per heavy atom. The van der Waals surface area contributed by atoms with Gasteiger partial charge in [0.25, 0.3) is 0 Å². The van der Waals surface area contributed by atoms with Crippen molar-refractivity contribution in [3.05, 3.63) is 84.4 Å². The van der Waals surface area contributed by atoms with E-state index in [1.807, 2.05) is 0 Å². The molecule has 0 aromatic heterocycles. The van der Waals surface area contributed by atoms with Crippen LogP contribution in [0.1, 0.15) is 45.1 Å². The van der Waals surface area contributed by atoms with Gasteiger partial charge in [-0.2, -0.15) is 23.1 Å². The molecule has 0 spiro atoms. The molecule has 0 nitrogen and oxygen atoms in total. The number of hydrogen-bond acceptors (Lipinski definition) is 0. The average Bonchev–Trinajstić information content (AvgIpc) is 3.39. The molecule has 0 fully saturated rings. The third-order valence-corrected chi connectivity index (χ3v) is 5.37. The molecule has 0 saturated heterocycles. The molecule has 4 aromatic rings. The average molecular weight is 564 g/mol. The molecule has 4 heteroatoms. The van der Waals surface area contributed by atoms with Crippen LogP contribution in [0, 0.1) is 5.92 Å². The van der Waals surface area contributed by atoms with Crippen LogP contribution in [0.2, 0.25) is 13.1 Å². The SMILES string of the molecule is CCCCC(CC)Cc1c[cH-]c2ccccc12.C[SiH]C.[Cl-].[Cl-].[Zr+4].c1ccc2[cH-]ccc2c1. The van der Waals surface area contributed by atoms with Crippen molar-refractivity contribution in [1.82, 2.24) is 0 Å². The molecule has 32 heavy (non-hydrogen) atoms. The first-order chi connectivity index (χ1) is 14.2. The standard InChI is InChI=1S/C17H23.C9H7.C2H7Si.2ClH.Zr/c1-3-5-8-14(4-2)13-16-12-11-15-9-6-7-10-17(15)16;1-2-5-9-7-3-6-8(9)4-1;1-3-2;;;/h6-7,9-12,14H,3-5,8,13H2,1-2H3;1-7H;3H,1-2H3;2*1H;/q2*-1;;;;+4/p-2. The quantitative estimate of drug-likeness (QED) is 0.250. The molecule has 0 N–H and O–H groups in total. The predicted molar refractivity (Wildman–Crippen MR) is 135 cm³/mol. The molecule has 171 valence electrons. The van der Waals surface area contributed by atoms with E-state index in [1.165, 1.54) is 53.6 Å². The van der Waals surface area contributed by atoms with Gasteiger partial charge < -0.3 is 24.8 Å². The molecule has 0 heterocycles. The summed E-state index contributed by atoms with van der Waals surface area (Å²) in [7, 11) is 0.750. The van der Waals surface area contributed by atoms with Crippen molar-refractivity contribution in [1.29, 1.82) is 0 Å². The molecule has 4 rings (SSSR count). The Morgan fingerprint density at radius 2 is 1.47 bits per heavy atom. The Morgan fingerprint density at radius 3 is 2.09 bits per heavy atom. The monoisotopic (exact) mass is 561 g/mol. The number of rotatable bonds is 6. The van der Waals surface area contributed by atoms with E-state index < -0.39 is 0 Å². The van der Waals surface area contributed by atoms with E-state index in [-0.39, 0.29) is 51.0 Å². The van der Waals surface area contributed by atoms with Crippen molar-refractivity contribution in [2.75, 3.05) is 0 Å². The first-order valence-corrected chi connectivity index (χ1v) is 13.5. The number of halogens is 2. The topological polar surface area (TPSA) is 0 Å². The van der Waals surface area contributed by atoms with Crippen LogP contribution in [0.5, 0.6) is 0 Å². The van der Waals surface area contributed by atoms with E-state index >= 15 is 0 Å². The summed E-state index contributed by atoms with van der Waals surface area (Å²) in [6.45, 7) is 9.02. The summed E-state index contributed by atoms with van der Waals surface area (Å²) in [5.74, 6) is 0.862. The smallest absolute Gasteiger partial charge is 1.00 e. The van der Waals surface area contributed by atoms with Gasteiger partial charge in [0.15, 0.2) is 0 Å². The van der Waals surface area contributed by atoms with Crippen molar-refractivity contribution in [3.63, 3.8) is 0 Å². The number of unbranched alkanes of at least 4 members (excludes halogenated alkanes) is 1. The molecule has 4 aromatic carbocycles. The molecule has 1 unspecified atom stereocenters. The van der Waals surface area contributed by atoms with E-state index in [2.05, 4.69) is 106 Å². The van der Waals surface area contributed by atoms with Gasteiger partial charge in [0, 0.05) is 9.52 Å². The molecule has 1 atom stereocenters. The minimum atomic E-state index is 0. The summed E-state index contributed by atoms with van der Waals surface area (Å²) in [6, 6.07) is 28.0. The normalized spacial score (nSPS) is 10.4. The predicted octanol–water partition coefficient (Wildman–Crippen LogP) is 2.40. The summed E-state index contributed by atoms with van der Waals surface area (Å²) in [6.07, 6.45) is 6.63. The van der Waals surface area contributed by atoms with Crippen LogP contribution < -0.4 is 24.8 Å². The van der Waals surface area contributed by atoms with Crippen LogP contribution in [0.25, 0.3) is 21.5 Å². The van der Waals surface area contributed by atoms with Gasteiger partial charge >= 0.3 is 26.2 Å². The number of fused-ring (bicyclic) bond motifs is 2. The molecule has 0 saturated carbocycles. The van der Waals surface area contributed by atoms with Crippen LogP contribution in [0.4, 0.5) is 0 Å². The van der Waals surface area contributed by atoms with Crippen molar-refractivity contribution in [3.8, 4) is 0 Å². The Bertz CT molecular complexity index is 914. The van der Waals surface area contributed by atoms with Gasteiger partial charge in [-0.1, -0.05) is 71.2 Å². The first-order valence-electron chi connectivity index (χ1n) is 11.2. The fraction of sp³-hybridized carbons (Fsp3) is 0.357. The summed E-state index contributed by atoms with van der Waals surface area (Å²) < 4.78 is 0. The van der Waals surface area contributed by atoms with Gasteiger partial charge in [0.05, 0.1) is 0 Å². The summed E-state index contributed by atoms with van der Waals surface area (Å²) >= 11 is 0. The second kappa shape index (κ2) is 19.8. The van der Waals surface area contributed by atoms with Gasteiger partial charge in [-0.05, 0) is 5.92 Å². The minimum absolute atomic E-state index is 0. The molecular weight excluding hydrogens is 527 g/mol. The zero-order chi connectivity index (χ0) is 20.9. The molecule has 0 aliphatic heterocycles. The molecule has 1 radical (unpaired) electrons. The maximum Gasteiger partial charge on any atom is 4.00 e. The maximum absolute atomic E-state index is 2.32. The molecule has 0 amide bonds. The second-order valence-electron chi connectivity index (χ2n) is 7.80. The Hall–Kier alpha value is -0.660. The molecule has 0 bridgehead atoms. The summed E-state index contributed by atoms with van der Waals surface area (Å²) in [5, 5.41) is 5.52. The zero-order valence-electron chi connectivity index (χ0n) is 20.0. The largest absolute Gasteiger partial charge is 4.00 e. The third-order valence-electron chi connectivity index (χ3n) is 5.37. The van der Waals surface area contributed by atoms with Crippen LogP contribution in [0.3, 0.4) is 0 Å². The maximum atomic E-state index is 2.32. The van der Waals surface area contributed by atoms with Gasteiger partial charge in [-0.25, -0.2) is 0 Å². The summed E-state index contributed by atoms with van der Waals surface area (Å²) in [5.41, 5.74) is 1.54. The van der Waals surface area contributed by atoms with Gasteiger partial charge in [0.1, 0.15) is 0 Å². The van der Waals surface area contributed by atoms with Crippen LogP contribution in [0.15, 0.2) is 78.9 Å². The molecular formula is C28H37Cl2SiZr. The Labute approximate surface area is 230 Å². The molecule has 0 aliphatic carbocycles. The fourth-order valence-corrected chi connectivity index (χ4v) is 3.72. The first kappa shape index (κ1) is 33.5. The van der Waals surface area contributed by atoms with Gasteiger partial charge in [-0.15, -0.1) is 70.8 Å². The van der Waals surface area contributed by atoms with Crippen molar-refractivity contribution < 1.29 is 51.0 Å². The second-order valence-corrected chi connectivity index (χ2v) is 8.95. The van der Waals surface area contributed by atoms with Crippen molar-refractivity contribution >= 4 is 31.1 Å². The molecule has 0 aliphatic rings. The minimum Gasteiger partial charge on any atom is -1.00 e. The van der Waals surface area contributed by atoms with Crippen LogP contribution in [-0.2, 0) is 32.6 Å². The van der Waals surface area contributed by atoms with Crippen molar-refractivity contribution in [2.24, 2.45) is 5.92 Å². The van der Waals surface area contributed by atoms with Crippen LogP contribution >= 0.6 is 0 Å². The Balaban J connectivity index is 0. The number of hydrogen-bond donors (Lipinski definition) is 0. The van der Waals surface area contributed by atoms with Crippen LogP contribution in [-0.4, -0.2) is 9.52 Å². The van der Waals surface area contributed by atoms with E-state index in [0.717, 1.165) is 15.4 Å². The summed E-state index contributed by atoms with van der Waals surface area (Å²) in [4.78, 5) is 0. The number of benzene rings is 2. The van der Waals surface area contributed by atoms with Gasteiger partial charge in [-0.3, -0.25) is 0 Å². The Kier molecular flexibility index (Phi) is 20.7. The fourth-order valence-electron chi connectivity index (χ4n) is 3.72. The van der Waals surface area contributed by atoms with E-state index in [1.54, 1.807) is 5.56 Å². The van der Waals surface area contributed by atoms with E-state index in [0.29, 0.717) is 0 Å². The van der Waals surface area contributed by atoms with E-state index in [9.17, 15) is 0 Å². The third kappa shape index (κ3) is 11.0. The van der Waals surface area contributed by atoms with Crippen molar-refractivity contribution in [2.45, 2.75) is 59.0 Å². The van der Waals surface area contributed by atoms with Gasteiger partial charge in [0.2, 0.25) is 0 Å². The van der Waals surface area contributed by atoms with E-state index in [4.69, 9.17) is 0 Å². The zero-order valence-corrected chi connectivity index (χ0v) is 25.1.